The van der Waals surface area contributed by atoms with Crippen LogP contribution in [-0.4, -0.2) is 37.5 Å². The SMILES string of the molecule is NCc1cccc(F)c1N1CCOC(CO)C1. The summed E-state index contributed by atoms with van der Waals surface area (Å²) in [6, 6.07) is 4.91. The van der Waals surface area contributed by atoms with Crippen LogP contribution < -0.4 is 10.6 Å². The normalized spacial score (nSPS) is 20.6. The Morgan fingerprint density at radius 2 is 2.35 bits per heavy atom. The van der Waals surface area contributed by atoms with Crippen LogP contribution in [0.15, 0.2) is 18.2 Å². The first-order valence-corrected chi connectivity index (χ1v) is 5.71. The molecule has 1 saturated heterocycles. The molecule has 0 aliphatic carbocycles. The Balaban J connectivity index is 2.26. The third-order valence-corrected chi connectivity index (χ3v) is 2.95. The average molecular weight is 240 g/mol. The van der Waals surface area contributed by atoms with Gasteiger partial charge in [-0.15, -0.1) is 0 Å². The van der Waals surface area contributed by atoms with Crippen molar-refractivity contribution in [3.8, 4) is 0 Å². The van der Waals surface area contributed by atoms with E-state index in [1.165, 1.54) is 6.07 Å². The van der Waals surface area contributed by atoms with E-state index in [1.54, 1.807) is 6.07 Å². The van der Waals surface area contributed by atoms with Gasteiger partial charge in [0.25, 0.3) is 0 Å². The van der Waals surface area contributed by atoms with E-state index in [-0.39, 0.29) is 18.5 Å². The molecule has 0 bridgehead atoms. The molecule has 1 atom stereocenters. The molecule has 1 aliphatic heterocycles. The van der Waals surface area contributed by atoms with Crippen molar-refractivity contribution in [2.45, 2.75) is 12.6 Å². The van der Waals surface area contributed by atoms with E-state index in [4.69, 9.17) is 15.6 Å². The summed E-state index contributed by atoms with van der Waals surface area (Å²) in [6.07, 6.45) is -0.256. The number of hydrogen-bond donors (Lipinski definition) is 2. The zero-order valence-electron chi connectivity index (χ0n) is 9.60. The molecule has 1 aliphatic rings. The van der Waals surface area contributed by atoms with Crippen molar-refractivity contribution in [2.24, 2.45) is 5.73 Å². The Bertz CT molecular complexity index is 387. The maximum absolute atomic E-state index is 13.9. The second kappa shape index (κ2) is 5.44. The number of anilines is 1. The van der Waals surface area contributed by atoms with E-state index in [1.807, 2.05) is 11.0 Å². The van der Waals surface area contributed by atoms with E-state index < -0.39 is 0 Å². The predicted octanol–water partition coefficient (Wildman–Crippen LogP) is 0.482. The number of halogens is 1. The van der Waals surface area contributed by atoms with Crippen LogP contribution in [0, 0.1) is 5.82 Å². The summed E-state index contributed by atoms with van der Waals surface area (Å²) in [5.41, 5.74) is 6.94. The molecule has 1 unspecified atom stereocenters. The summed E-state index contributed by atoms with van der Waals surface area (Å²) >= 11 is 0. The van der Waals surface area contributed by atoms with Crippen molar-refractivity contribution < 1.29 is 14.2 Å². The molecule has 0 spiro atoms. The third kappa shape index (κ3) is 2.57. The number of benzene rings is 1. The molecule has 4 nitrogen and oxygen atoms in total. The van der Waals surface area contributed by atoms with E-state index in [0.29, 0.717) is 31.9 Å². The summed E-state index contributed by atoms with van der Waals surface area (Å²) in [4.78, 5) is 1.89. The molecule has 17 heavy (non-hydrogen) atoms. The summed E-state index contributed by atoms with van der Waals surface area (Å²) in [5.74, 6) is -0.272. The first-order valence-electron chi connectivity index (χ1n) is 5.71. The zero-order chi connectivity index (χ0) is 12.3. The van der Waals surface area contributed by atoms with Crippen molar-refractivity contribution in [3.05, 3.63) is 29.6 Å². The molecule has 2 rings (SSSR count). The molecule has 0 amide bonds. The smallest absolute Gasteiger partial charge is 0.146 e. The molecule has 1 aromatic rings. The fraction of sp³-hybridized carbons (Fsp3) is 0.500. The van der Waals surface area contributed by atoms with Crippen molar-refractivity contribution >= 4 is 5.69 Å². The summed E-state index contributed by atoms with van der Waals surface area (Å²) in [7, 11) is 0. The monoisotopic (exact) mass is 240 g/mol. The minimum Gasteiger partial charge on any atom is -0.394 e. The van der Waals surface area contributed by atoms with Crippen LogP contribution in [0.2, 0.25) is 0 Å². The van der Waals surface area contributed by atoms with Crippen LogP contribution in [0.4, 0.5) is 10.1 Å². The Hall–Kier alpha value is -1.17. The lowest BCUT2D eigenvalue weighted by Gasteiger charge is -2.35. The number of ether oxygens (including phenoxy) is 1. The van der Waals surface area contributed by atoms with Gasteiger partial charge in [-0.25, -0.2) is 4.39 Å². The van der Waals surface area contributed by atoms with Crippen molar-refractivity contribution in [1.82, 2.24) is 0 Å². The summed E-state index contributed by atoms with van der Waals surface area (Å²) < 4.78 is 19.2. The van der Waals surface area contributed by atoms with Gasteiger partial charge in [-0.3, -0.25) is 0 Å². The lowest BCUT2D eigenvalue weighted by atomic mass is 10.1. The third-order valence-electron chi connectivity index (χ3n) is 2.95. The largest absolute Gasteiger partial charge is 0.394 e. The first-order chi connectivity index (χ1) is 8.26. The highest BCUT2D eigenvalue weighted by molar-refractivity contribution is 5.55. The van der Waals surface area contributed by atoms with Crippen LogP contribution in [0.3, 0.4) is 0 Å². The Labute approximate surface area is 99.8 Å². The minimum atomic E-state index is -0.272. The van der Waals surface area contributed by atoms with Gasteiger partial charge >= 0.3 is 0 Å². The van der Waals surface area contributed by atoms with Crippen LogP contribution in [-0.2, 0) is 11.3 Å². The average Bonchev–Trinajstić information content (AvgIpc) is 2.38. The number of para-hydroxylation sites is 1. The van der Waals surface area contributed by atoms with Gasteiger partial charge in [0, 0.05) is 19.6 Å². The fourth-order valence-electron chi connectivity index (χ4n) is 2.11. The molecule has 1 fully saturated rings. The summed E-state index contributed by atoms with van der Waals surface area (Å²) in [6.45, 7) is 1.84. The lowest BCUT2D eigenvalue weighted by molar-refractivity contribution is 0.00336. The number of aliphatic hydroxyl groups is 1. The molecule has 94 valence electrons. The Morgan fingerprint density at radius 1 is 1.53 bits per heavy atom. The Kier molecular flexibility index (Phi) is 3.93. The van der Waals surface area contributed by atoms with E-state index in [2.05, 4.69) is 0 Å². The van der Waals surface area contributed by atoms with E-state index in [9.17, 15) is 4.39 Å². The van der Waals surface area contributed by atoms with Crippen molar-refractivity contribution in [2.75, 3.05) is 31.2 Å². The fourth-order valence-corrected chi connectivity index (χ4v) is 2.11. The standard InChI is InChI=1S/C12H17FN2O2/c13-11-3-1-2-9(6-14)12(11)15-4-5-17-10(7-15)8-16/h1-3,10,16H,4-8,14H2. The second-order valence-corrected chi connectivity index (χ2v) is 4.07. The van der Waals surface area contributed by atoms with Crippen LogP contribution in [0.1, 0.15) is 5.56 Å². The van der Waals surface area contributed by atoms with E-state index in [0.717, 1.165) is 5.56 Å². The van der Waals surface area contributed by atoms with Crippen LogP contribution in [0.25, 0.3) is 0 Å². The van der Waals surface area contributed by atoms with Gasteiger partial charge < -0.3 is 20.5 Å². The highest BCUT2D eigenvalue weighted by atomic mass is 19.1. The number of hydrogen-bond acceptors (Lipinski definition) is 4. The van der Waals surface area contributed by atoms with Crippen molar-refractivity contribution in [3.63, 3.8) is 0 Å². The quantitative estimate of drug-likeness (QED) is 0.807. The molecule has 1 heterocycles. The van der Waals surface area contributed by atoms with Gasteiger partial charge in [-0.05, 0) is 11.6 Å². The molecule has 3 N–H and O–H groups in total. The van der Waals surface area contributed by atoms with Gasteiger partial charge in [-0.2, -0.15) is 0 Å². The summed E-state index contributed by atoms with van der Waals surface area (Å²) in [5, 5.41) is 9.08. The zero-order valence-corrected chi connectivity index (χ0v) is 9.60. The molecular weight excluding hydrogens is 223 g/mol. The minimum absolute atomic E-state index is 0.0527. The Morgan fingerprint density at radius 3 is 3.06 bits per heavy atom. The maximum Gasteiger partial charge on any atom is 0.146 e. The van der Waals surface area contributed by atoms with Gasteiger partial charge in [0.15, 0.2) is 0 Å². The molecular formula is C12H17FN2O2. The van der Waals surface area contributed by atoms with E-state index >= 15 is 0 Å². The molecule has 0 aromatic heterocycles. The highest BCUT2D eigenvalue weighted by Crippen LogP contribution is 2.26. The number of morpholine rings is 1. The number of rotatable bonds is 3. The number of aliphatic hydroxyl groups excluding tert-OH is 1. The lowest BCUT2D eigenvalue weighted by Crippen LogP contribution is -2.44. The van der Waals surface area contributed by atoms with Crippen LogP contribution >= 0.6 is 0 Å². The maximum atomic E-state index is 13.9. The molecule has 5 heteroatoms. The highest BCUT2D eigenvalue weighted by Gasteiger charge is 2.23. The van der Waals surface area contributed by atoms with Crippen molar-refractivity contribution in [1.29, 1.82) is 0 Å². The second-order valence-electron chi connectivity index (χ2n) is 4.07. The first kappa shape index (κ1) is 12.3. The molecule has 0 saturated carbocycles. The molecule has 0 radical (unpaired) electrons. The predicted molar refractivity (Wildman–Crippen MR) is 63.3 cm³/mol. The van der Waals surface area contributed by atoms with Gasteiger partial charge in [-0.1, -0.05) is 12.1 Å². The van der Waals surface area contributed by atoms with Gasteiger partial charge in [0.05, 0.1) is 25.0 Å². The van der Waals surface area contributed by atoms with Crippen LogP contribution in [0.5, 0.6) is 0 Å². The number of nitrogens with two attached hydrogens (primary N) is 1. The molecule has 1 aromatic carbocycles. The number of nitrogens with zero attached hydrogens (tertiary/aromatic N) is 1. The topological polar surface area (TPSA) is 58.7 Å². The van der Waals surface area contributed by atoms with Gasteiger partial charge in [0.2, 0.25) is 0 Å². The van der Waals surface area contributed by atoms with Gasteiger partial charge in [0.1, 0.15) is 5.82 Å².